The maximum absolute atomic E-state index is 9.32. The number of aryl methyl sites for hydroxylation is 1. The Morgan fingerprint density at radius 1 is 1.00 bits per heavy atom. The second-order valence-corrected chi connectivity index (χ2v) is 4.32. The molecule has 0 radical (unpaired) electrons. The third-order valence-corrected chi connectivity index (χ3v) is 3.12. The molecule has 2 aromatic carbocycles. The quantitative estimate of drug-likeness (QED) is 0.666. The van der Waals surface area contributed by atoms with Crippen molar-refractivity contribution in [1.29, 1.82) is 5.26 Å². The molecule has 2 nitrogen and oxygen atoms in total. The minimum atomic E-state index is 0.518. The highest BCUT2D eigenvalue weighted by atomic mass is 14.6. The van der Waals surface area contributed by atoms with Gasteiger partial charge >= 0.3 is 0 Å². The maximum atomic E-state index is 9.32. The van der Waals surface area contributed by atoms with Crippen molar-refractivity contribution < 1.29 is 0 Å². The Balaban J connectivity index is 2.46. The Morgan fingerprint density at radius 2 is 1.63 bits per heavy atom. The highest BCUT2D eigenvalue weighted by molar-refractivity contribution is 5.95. The Bertz CT molecular complexity index is 617. The summed E-state index contributed by atoms with van der Waals surface area (Å²) < 4.78 is 0. The van der Waals surface area contributed by atoms with Gasteiger partial charge in [-0.3, -0.25) is 0 Å². The topological polar surface area (TPSA) is 49.8 Å². The molecule has 0 fully saturated rings. The van der Waals surface area contributed by atoms with Gasteiger partial charge in [0.25, 0.3) is 0 Å². The number of nitrogens with zero attached hydrogens (tertiary/aromatic N) is 1. The molecule has 2 N–H and O–H groups in total. The number of benzene rings is 2. The van der Waals surface area contributed by atoms with E-state index in [0.29, 0.717) is 11.3 Å². The van der Waals surface area contributed by atoms with Crippen LogP contribution < -0.4 is 5.73 Å². The van der Waals surface area contributed by atoms with Crippen molar-refractivity contribution in [3.63, 3.8) is 0 Å². The Labute approximate surface area is 113 Å². The summed E-state index contributed by atoms with van der Waals surface area (Å²) >= 11 is 0. The number of hydrogen-bond donors (Lipinski definition) is 1. The van der Waals surface area contributed by atoms with Crippen LogP contribution in [0.25, 0.3) is 11.3 Å². The van der Waals surface area contributed by atoms with E-state index < -0.39 is 0 Å². The van der Waals surface area contributed by atoms with Gasteiger partial charge in [-0.05, 0) is 23.1 Å². The molecule has 0 bridgehead atoms. The summed E-state index contributed by atoms with van der Waals surface area (Å²) in [4.78, 5) is 0. The molecule has 0 heterocycles. The molecular weight excluding hydrogens is 232 g/mol. The van der Waals surface area contributed by atoms with Gasteiger partial charge in [0, 0.05) is 0 Å². The van der Waals surface area contributed by atoms with Gasteiger partial charge in [0.2, 0.25) is 0 Å². The molecule has 2 rings (SSSR count). The number of nitriles is 1. The molecule has 2 aromatic rings. The third kappa shape index (κ3) is 2.83. The molecular formula is C17H16N2. The second kappa shape index (κ2) is 5.88. The highest BCUT2D eigenvalue weighted by Crippen LogP contribution is 2.22. The fourth-order valence-electron chi connectivity index (χ4n) is 1.95. The first-order valence-corrected chi connectivity index (χ1v) is 6.30. The van der Waals surface area contributed by atoms with Crippen molar-refractivity contribution in [3.8, 4) is 6.07 Å². The van der Waals surface area contributed by atoms with Crippen molar-refractivity contribution in [3.05, 3.63) is 71.3 Å². The first kappa shape index (κ1) is 12.9. The first-order chi connectivity index (χ1) is 9.26. The van der Waals surface area contributed by atoms with Crippen LogP contribution in [-0.4, -0.2) is 0 Å². The lowest BCUT2D eigenvalue weighted by atomic mass is 10.00. The molecule has 0 spiro atoms. The van der Waals surface area contributed by atoms with Crippen LogP contribution in [0.1, 0.15) is 23.6 Å². The fraction of sp³-hybridized carbons (Fsp3) is 0.118. The smallest absolute Gasteiger partial charge is 0.102 e. The van der Waals surface area contributed by atoms with Gasteiger partial charge in [-0.15, -0.1) is 0 Å². The lowest BCUT2D eigenvalue weighted by Gasteiger charge is -2.07. The molecule has 0 aromatic heterocycles. The van der Waals surface area contributed by atoms with Crippen molar-refractivity contribution >= 4 is 11.3 Å². The summed E-state index contributed by atoms with van der Waals surface area (Å²) in [5, 5.41) is 9.32. The van der Waals surface area contributed by atoms with Crippen molar-refractivity contribution in [1.82, 2.24) is 0 Å². The van der Waals surface area contributed by atoms with Gasteiger partial charge in [-0.1, -0.05) is 61.5 Å². The average molecular weight is 248 g/mol. The summed E-state index contributed by atoms with van der Waals surface area (Å²) in [5.74, 6) is 0. The van der Waals surface area contributed by atoms with Gasteiger partial charge in [0.1, 0.15) is 6.07 Å². The van der Waals surface area contributed by atoms with Gasteiger partial charge < -0.3 is 5.73 Å². The van der Waals surface area contributed by atoms with Crippen molar-refractivity contribution in [2.45, 2.75) is 13.3 Å². The van der Waals surface area contributed by atoms with E-state index in [9.17, 15) is 5.26 Å². The van der Waals surface area contributed by atoms with Crippen LogP contribution in [0.4, 0.5) is 0 Å². The van der Waals surface area contributed by atoms with Gasteiger partial charge in [-0.25, -0.2) is 0 Å². The largest absolute Gasteiger partial charge is 0.397 e. The molecule has 0 aliphatic carbocycles. The van der Waals surface area contributed by atoms with Crippen LogP contribution in [0.15, 0.2) is 54.6 Å². The Hall–Kier alpha value is -2.53. The van der Waals surface area contributed by atoms with E-state index in [0.717, 1.165) is 17.5 Å². The summed E-state index contributed by atoms with van der Waals surface area (Å²) in [7, 11) is 0. The molecule has 0 aliphatic heterocycles. The molecule has 0 aliphatic rings. The summed E-state index contributed by atoms with van der Waals surface area (Å²) in [6, 6.07) is 19.7. The fourth-order valence-corrected chi connectivity index (χ4v) is 1.95. The van der Waals surface area contributed by atoms with Crippen LogP contribution in [-0.2, 0) is 6.42 Å². The molecule has 94 valence electrons. The number of allylic oxidation sites excluding steroid dienone is 1. The zero-order valence-electron chi connectivity index (χ0n) is 10.9. The first-order valence-electron chi connectivity index (χ1n) is 6.30. The van der Waals surface area contributed by atoms with E-state index >= 15 is 0 Å². The SMILES string of the molecule is CCc1ccc(/C(N)=C(/C#N)c2ccccc2)cc1. The van der Waals surface area contributed by atoms with E-state index in [1.165, 1.54) is 5.56 Å². The van der Waals surface area contributed by atoms with E-state index in [2.05, 4.69) is 13.0 Å². The van der Waals surface area contributed by atoms with E-state index in [4.69, 9.17) is 5.73 Å². The normalized spacial score (nSPS) is 11.6. The van der Waals surface area contributed by atoms with Crippen LogP contribution in [0, 0.1) is 11.3 Å². The minimum Gasteiger partial charge on any atom is -0.397 e. The summed E-state index contributed by atoms with van der Waals surface area (Å²) in [6.45, 7) is 2.11. The van der Waals surface area contributed by atoms with Crippen LogP contribution in [0.5, 0.6) is 0 Å². The minimum absolute atomic E-state index is 0.518. The molecule has 0 amide bonds. The molecule has 0 saturated carbocycles. The third-order valence-electron chi connectivity index (χ3n) is 3.12. The molecule has 2 heteroatoms. The van der Waals surface area contributed by atoms with Gasteiger partial charge in [0.05, 0.1) is 11.3 Å². The van der Waals surface area contributed by atoms with Gasteiger partial charge in [-0.2, -0.15) is 5.26 Å². The average Bonchev–Trinajstić information content (AvgIpc) is 2.49. The Morgan fingerprint density at radius 3 is 2.16 bits per heavy atom. The predicted octanol–water partition coefficient (Wildman–Crippen LogP) is 3.60. The standard InChI is InChI=1S/C17H16N2/c1-2-13-8-10-15(11-9-13)17(19)16(12-18)14-6-4-3-5-7-14/h3-11H,2,19H2,1H3/b17-16+. The second-order valence-electron chi connectivity index (χ2n) is 4.32. The lowest BCUT2D eigenvalue weighted by molar-refractivity contribution is 1.14. The molecule has 0 saturated heterocycles. The summed E-state index contributed by atoms with van der Waals surface area (Å²) in [6.07, 6.45) is 0.994. The zero-order chi connectivity index (χ0) is 13.7. The predicted molar refractivity (Wildman–Crippen MR) is 78.9 cm³/mol. The maximum Gasteiger partial charge on any atom is 0.102 e. The number of rotatable bonds is 3. The highest BCUT2D eigenvalue weighted by Gasteiger charge is 2.07. The number of nitrogens with two attached hydrogens (primary N) is 1. The van der Waals surface area contributed by atoms with E-state index in [-0.39, 0.29) is 0 Å². The van der Waals surface area contributed by atoms with Gasteiger partial charge in [0.15, 0.2) is 0 Å². The number of hydrogen-bond acceptors (Lipinski definition) is 2. The molecule has 19 heavy (non-hydrogen) atoms. The lowest BCUT2D eigenvalue weighted by Crippen LogP contribution is -2.00. The monoisotopic (exact) mass is 248 g/mol. The van der Waals surface area contributed by atoms with Crippen molar-refractivity contribution in [2.75, 3.05) is 0 Å². The summed E-state index contributed by atoms with van der Waals surface area (Å²) in [5.41, 5.74) is 10.2. The zero-order valence-corrected chi connectivity index (χ0v) is 10.9. The van der Waals surface area contributed by atoms with Crippen molar-refractivity contribution in [2.24, 2.45) is 5.73 Å². The van der Waals surface area contributed by atoms with Crippen LogP contribution in [0.3, 0.4) is 0 Å². The molecule has 0 atom stereocenters. The van der Waals surface area contributed by atoms with Crippen LogP contribution in [0.2, 0.25) is 0 Å². The molecule has 0 unspecified atom stereocenters. The van der Waals surface area contributed by atoms with Crippen LogP contribution >= 0.6 is 0 Å². The van der Waals surface area contributed by atoms with E-state index in [1.54, 1.807) is 0 Å². The van der Waals surface area contributed by atoms with E-state index in [1.807, 2.05) is 54.6 Å². The Kier molecular flexibility index (Phi) is 4.00.